The van der Waals surface area contributed by atoms with Crippen LogP contribution in [0.4, 0.5) is 10.2 Å². The van der Waals surface area contributed by atoms with Crippen LogP contribution in [0.25, 0.3) is 11.3 Å². The van der Waals surface area contributed by atoms with E-state index in [9.17, 15) is 14.0 Å². The van der Waals surface area contributed by atoms with Gasteiger partial charge >= 0.3 is 0 Å². The molecule has 1 aromatic heterocycles. The predicted octanol–water partition coefficient (Wildman–Crippen LogP) is 3.56. The third kappa shape index (κ3) is 6.16. The van der Waals surface area contributed by atoms with Crippen molar-refractivity contribution in [2.75, 3.05) is 50.8 Å². The maximum absolute atomic E-state index is 13.8. The Morgan fingerprint density at radius 2 is 1.82 bits per heavy atom. The number of anilines is 1. The highest BCUT2D eigenvalue weighted by Crippen LogP contribution is 2.21. The van der Waals surface area contributed by atoms with Crippen molar-refractivity contribution in [2.24, 2.45) is 0 Å². The van der Waals surface area contributed by atoms with Gasteiger partial charge in [0.05, 0.1) is 11.8 Å². The number of hydrogen-bond donors (Lipinski definition) is 0. The van der Waals surface area contributed by atoms with Gasteiger partial charge in [0.25, 0.3) is 5.91 Å². The summed E-state index contributed by atoms with van der Waals surface area (Å²) in [4.78, 5) is 31.8. The number of amides is 2. The first-order valence-electron chi connectivity index (χ1n) is 13.1. The molecular formula is C29H32FN5O3. The number of carbonyl (C=O) groups excluding carboxylic acids is 2. The van der Waals surface area contributed by atoms with Crippen molar-refractivity contribution in [1.29, 1.82) is 0 Å². The van der Waals surface area contributed by atoms with Crippen molar-refractivity contribution in [3.63, 3.8) is 0 Å². The third-order valence-electron chi connectivity index (χ3n) is 7.09. The summed E-state index contributed by atoms with van der Waals surface area (Å²) in [6, 6.07) is 17.7. The summed E-state index contributed by atoms with van der Waals surface area (Å²) in [6.45, 7) is 5.21. The molecule has 9 heteroatoms. The first-order chi connectivity index (χ1) is 18.5. The molecule has 2 saturated heterocycles. The highest BCUT2D eigenvalue weighted by Gasteiger charge is 2.29. The number of carbonyl (C=O) groups is 2. The molecule has 2 aromatic carbocycles. The van der Waals surface area contributed by atoms with Crippen LogP contribution < -0.4 is 4.90 Å². The van der Waals surface area contributed by atoms with E-state index in [0.717, 1.165) is 29.9 Å². The van der Waals surface area contributed by atoms with Gasteiger partial charge in [0, 0.05) is 50.5 Å². The van der Waals surface area contributed by atoms with Crippen LogP contribution in [0.1, 0.15) is 28.8 Å². The Bertz CT molecular complexity index is 1250. The van der Waals surface area contributed by atoms with E-state index in [1.807, 2.05) is 31.2 Å². The van der Waals surface area contributed by atoms with Crippen molar-refractivity contribution in [1.82, 2.24) is 20.0 Å². The number of piperazine rings is 1. The van der Waals surface area contributed by atoms with E-state index in [1.165, 1.54) is 28.7 Å². The lowest BCUT2D eigenvalue weighted by Gasteiger charge is -2.36. The number of aryl methyl sites for hydroxylation is 1. The van der Waals surface area contributed by atoms with Crippen molar-refractivity contribution < 1.29 is 18.7 Å². The normalized spacial score (nSPS) is 17.5. The van der Waals surface area contributed by atoms with Crippen molar-refractivity contribution in [3.05, 3.63) is 77.6 Å². The molecule has 38 heavy (non-hydrogen) atoms. The number of halogens is 1. The highest BCUT2D eigenvalue weighted by molar-refractivity contribution is 5.96. The minimum Gasteiger partial charge on any atom is -0.376 e. The van der Waals surface area contributed by atoms with Gasteiger partial charge in [-0.1, -0.05) is 35.9 Å². The Kier molecular flexibility index (Phi) is 7.93. The summed E-state index contributed by atoms with van der Waals surface area (Å²) < 4.78 is 19.5. The van der Waals surface area contributed by atoms with Crippen LogP contribution in [-0.2, 0) is 9.53 Å². The van der Waals surface area contributed by atoms with Gasteiger partial charge in [-0.15, -0.1) is 10.2 Å². The molecule has 198 valence electrons. The molecule has 0 aliphatic carbocycles. The second-order valence-corrected chi connectivity index (χ2v) is 9.84. The monoisotopic (exact) mass is 517 g/mol. The van der Waals surface area contributed by atoms with E-state index in [-0.39, 0.29) is 30.0 Å². The third-order valence-corrected chi connectivity index (χ3v) is 7.09. The van der Waals surface area contributed by atoms with E-state index < -0.39 is 5.82 Å². The molecule has 0 bridgehead atoms. The van der Waals surface area contributed by atoms with E-state index in [0.29, 0.717) is 39.3 Å². The van der Waals surface area contributed by atoms with Crippen molar-refractivity contribution in [2.45, 2.75) is 25.9 Å². The molecule has 2 amide bonds. The SMILES string of the molecule is Cc1ccc(-c2ccc(N3CCN(C(=O)CN(C[C@@H]4CCCO4)C(=O)c4cccc(F)c4)CC3)nn2)cc1. The van der Waals surface area contributed by atoms with Gasteiger partial charge in [0.2, 0.25) is 5.91 Å². The molecule has 2 fully saturated rings. The maximum atomic E-state index is 13.8. The van der Waals surface area contributed by atoms with E-state index >= 15 is 0 Å². The standard InChI is InChI=1S/C29H32FN5O3/c1-21-7-9-22(10-8-21)26-11-12-27(32-31-26)33-13-15-34(16-14-33)28(36)20-35(19-25-6-3-17-38-25)29(37)23-4-2-5-24(30)18-23/h2,4-5,7-12,18,25H,3,6,13-17,19-20H2,1H3/t25-/m0/s1. The van der Waals surface area contributed by atoms with Crippen LogP contribution >= 0.6 is 0 Å². The van der Waals surface area contributed by atoms with E-state index in [1.54, 1.807) is 11.0 Å². The number of rotatable bonds is 7. The minimum absolute atomic E-state index is 0.0692. The molecule has 0 saturated carbocycles. The first kappa shape index (κ1) is 25.8. The Balaban J connectivity index is 1.19. The molecule has 2 aliphatic heterocycles. The summed E-state index contributed by atoms with van der Waals surface area (Å²) >= 11 is 0. The summed E-state index contributed by atoms with van der Waals surface area (Å²) in [7, 11) is 0. The lowest BCUT2D eigenvalue weighted by atomic mass is 10.1. The quantitative estimate of drug-likeness (QED) is 0.477. The average Bonchev–Trinajstić information content (AvgIpc) is 3.46. The summed E-state index contributed by atoms with van der Waals surface area (Å²) in [5, 5.41) is 8.81. The average molecular weight is 518 g/mol. The topological polar surface area (TPSA) is 78.9 Å². The molecule has 8 nitrogen and oxygen atoms in total. The number of nitrogens with zero attached hydrogens (tertiary/aromatic N) is 5. The van der Waals surface area contributed by atoms with Gasteiger partial charge in [-0.3, -0.25) is 9.59 Å². The number of benzene rings is 2. The van der Waals surface area contributed by atoms with Gasteiger partial charge in [-0.25, -0.2) is 4.39 Å². The highest BCUT2D eigenvalue weighted by atomic mass is 19.1. The Labute approximate surface area is 222 Å². The second kappa shape index (κ2) is 11.7. The smallest absolute Gasteiger partial charge is 0.254 e. The van der Waals surface area contributed by atoms with Gasteiger partial charge < -0.3 is 19.4 Å². The van der Waals surface area contributed by atoms with Gasteiger partial charge in [-0.05, 0) is 50.1 Å². The minimum atomic E-state index is -0.481. The molecule has 0 N–H and O–H groups in total. The van der Waals surface area contributed by atoms with Crippen LogP contribution in [-0.4, -0.2) is 83.8 Å². The molecule has 3 heterocycles. The van der Waals surface area contributed by atoms with Gasteiger partial charge in [-0.2, -0.15) is 0 Å². The molecule has 0 unspecified atom stereocenters. The van der Waals surface area contributed by atoms with Gasteiger partial charge in [0.1, 0.15) is 12.4 Å². The van der Waals surface area contributed by atoms with Crippen molar-refractivity contribution >= 4 is 17.6 Å². The second-order valence-electron chi connectivity index (χ2n) is 9.84. The Morgan fingerprint density at radius 1 is 1.03 bits per heavy atom. The molecule has 0 spiro atoms. The predicted molar refractivity (Wildman–Crippen MR) is 142 cm³/mol. The molecule has 0 radical (unpaired) electrons. The molecule has 3 aromatic rings. The lowest BCUT2D eigenvalue weighted by Crippen LogP contribution is -2.52. The molecule has 5 rings (SSSR count). The van der Waals surface area contributed by atoms with E-state index in [2.05, 4.69) is 27.2 Å². The Hall–Kier alpha value is -3.85. The maximum Gasteiger partial charge on any atom is 0.254 e. The largest absolute Gasteiger partial charge is 0.376 e. The summed E-state index contributed by atoms with van der Waals surface area (Å²) in [5.41, 5.74) is 3.26. The lowest BCUT2D eigenvalue weighted by molar-refractivity contribution is -0.132. The summed E-state index contributed by atoms with van der Waals surface area (Å²) in [5.74, 6) is -0.205. The van der Waals surface area contributed by atoms with Crippen LogP contribution in [0.15, 0.2) is 60.7 Å². The van der Waals surface area contributed by atoms with Crippen molar-refractivity contribution in [3.8, 4) is 11.3 Å². The fourth-order valence-corrected chi connectivity index (χ4v) is 4.88. The fraction of sp³-hybridized carbons (Fsp3) is 0.379. The molecule has 1 atom stereocenters. The van der Waals surface area contributed by atoms with Crippen LogP contribution in [0, 0.1) is 12.7 Å². The van der Waals surface area contributed by atoms with E-state index in [4.69, 9.17) is 4.74 Å². The molecular weight excluding hydrogens is 485 g/mol. The zero-order valence-corrected chi connectivity index (χ0v) is 21.6. The zero-order chi connectivity index (χ0) is 26.5. The van der Waals surface area contributed by atoms with Crippen LogP contribution in [0.3, 0.4) is 0 Å². The molecule has 2 aliphatic rings. The number of ether oxygens (including phenoxy) is 1. The fourth-order valence-electron chi connectivity index (χ4n) is 4.88. The van der Waals surface area contributed by atoms with Crippen LogP contribution in [0.5, 0.6) is 0 Å². The Morgan fingerprint density at radius 3 is 2.47 bits per heavy atom. The number of aromatic nitrogens is 2. The first-order valence-corrected chi connectivity index (χ1v) is 13.1. The van der Waals surface area contributed by atoms with Gasteiger partial charge in [0.15, 0.2) is 5.82 Å². The zero-order valence-electron chi connectivity index (χ0n) is 21.6. The number of hydrogen-bond acceptors (Lipinski definition) is 6. The van der Waals surface area contributed by atoms with Crippen LogP contribution in [0.2, 0.25) is 0 Å². The summed E-state index contributed by atoms with van der Waals surface area (Å²) in [6.07, 6.45) is 1.65.